The summed E-state index contributed by atoms with van der Waals surface area (Å²) in [5.41, 5.74) is 4.20. The monoisotopic (exact) mass is 451 g/mol. The molecule has 0 aliphatic heterocycles. The molecular weight excluding hydrogens is 437 g/mol. The number of thiophene rings is 1. The summed E-state index contributed by atoms with van der Waals surface area (Å²) in [5, 5.41) is 2.57. The van der Waals surface area contributed by atoms with Crippen LogP contribution in [0.25, 0.3) is 15.9 Å². The van der Waals surface area contributed by atoms with Gasteiger partial charge in [0.1, 0.15) is 21.2 Å². The van der Waals surface area contributed by atoms with Gasteiger partial charge in [-0.25, -0.2) is 9.78 Å². The molecule has 0 atom stereocenters. The van der Waals surface area contributed by atoms with Crippen LogP contribution in [0.1, 0.15) is 26.6 Å². The molecule has 1 aromatic carbocycles. The number of aromatic nitrogens is 3. The lowest BCUT2D eigenvalue weighted by atomic mass is 10.1. The maximum Gasteiger partial charge on any atom is 0.439 e. The van der Waals surface area contributed by atoms with Crippen molar-refractivity contribution < 1.29 is 31.9 Å². The average Bonchev–Trinajstić information content (AvgIpc) is 3.27. The van der Waals surface area contributed by atoms with Gasteiger partial charge in [-0.15, -0.1) is 11.3 Å². The number of carbonyl (C=O) groups excluding carboxylic acids is 1. The zero-order valence-corrected chi connectivity index (χ0v) is 16.9. The summed E-state index contributed by atoms with van der Waals surface area (Å²) in [7, 11) is 1.49. The number of nitrogen functional groups attached to an aromatic ring is 1. The Morgan fingerprint density at radius 2 is 1.97 bits per heavy atom. The number of fused-ring (bicyclic) bond motifs is 1. The van der Waals surface area contributed by atoms with Crippen molar-refractivity contribution in [3.63, 3.8) is 0 Å². The number of hydrogen-bond acceptors (Lipinski definition) is 7. The Bertz CT molecular complexity index is 1370. The highest BCUT2D eigenvalue weighted by molar-refractivity contribution is 7.21. The molecule has 0 fully saturated rings. The number of halogens is 3. The normalized spacial score (nSPS) is 11.8. The van der Waals surface area contributed by atoms with Gasteiger partial charge in [-0.05, 0) is 40.6 Å². The number of pyridine rings is 1. The van der Waals surface area contributed by atoms with E-state index in [2.05, 4.69) is 10.3 Å². The molecule has 3 heterocycles. The Hall–Kier alpha value is -3.67. The quantitative estimate of drug-likeness (QED) is 0.364. The highest BCUT2D eigenvalue weighted by atomic mass is 32.1. The van der Waals surface area contributed by atoms with Gasteiger partial charge in [0.15, 0.2) is 0 Å². The number of alkyl halides is 3. The number of nitrogens with zero attached hydrogens (tertiary/aromatic N) is 2. The zero-order valence-electron chi connectivity index (χ0n) is 16.0. The summed E-state index contributed by atoms with van der Waals surface area (Å²) in [4.78, 5) is 28.9. The minimum absolute atomic E-state index is 0.0504. The molecule has 0 radical (unpaired) electrons. The van der Waals surface area contributed by atoms with Crippen molar-refractivity contribution in [2.45, 2.75) is 13.1 Å². The number of aryl methyl sites for hydroxylation is 1. The van der Waals surface area contributed by atoms with Crippen LogP contribution >= 0.6 is 11.3 Å². The number of anilines is 1. The number of rotatable bonds is 4. The van der Waals surface area contributed by atoms with Crippen molar-refractivity contribution in [3.8, 4) is 11.4 Å². The lowest BCUT2D eigenvalue weighted by molar-refractivity contribution is -0.672. The van der Waals surface area contributed by atoms with Crippen LogP contribution in [0.5, 0.6) is 5.75 Å². The molecule has 3 aromatic heterocycles. The van der Waals surface area contributed by atoms with Crippen LogP contribution in [0.2, 0.25) is 0 Å². The van der Waals surface area contributed by atoms with Gasteiger partial charge in [0.2, 0.25) is 5.69 Å². The summed E-state index contributed by atoms with van der Waals surface area (Å²) < 4.78 is 50.3. The van der Waals surface area contributed by atoms with Crippen molar-refractivity contribution in [2.24, 2.45) is 0 Å². The summed E-state index contributed by atoms with van der Waals surface area (Å²) >= 11 is 0.680. The summed E-state index contributed by atoms with van der Waals surface area (Å²) in [5.74, 6) is -0.252. The molecule has 0 saturated heterocycles. The Labute approximate surface area is 175 Å². The molecule has 12 heteroatoms. The molecule has 3 N–H and O–H groups in total. The molecule has 160 valence electrons. The predicted molar refractivity (Wildman–Crippen MR) is 105 cm³/mol. The van der Waals surface area contributed by atoms with Crippen LogP contribution < -0.4 is 20.8 Å². The number of ether oxygens (including phenoxy) is 1. The standard InChI is InChI=1S/C19H13F3N4O4S/c1-8-7-11(19(20,21)22)24-17-12(8)13(23)16(31-17)15(27)14-18(28)30-25-26(14)9-3-5-10(29-2)6-4-9/h3-7H,1-2H3,(H2-,23,25,27,28)/p+1. The Morgan fingerprint density at radius 1 is 1.29 bits per heavy atom. The van der Waals surface area contributed by atoms with Crippen molar-refractivity contribution in [1.82, 2.24) is 10.3 Å². The van der Waals surface area contributed by atoms with Crippen LogP contribution in [0.3, 0.4) is 0 Å². The van der Waals surface area contributed by atoms with E-state index in [1.165, 1.54) is 14.0 Å². The fourth-order valence-electron chi connectivity index (χ4n) is 3.11. The van der Waals surface area contributed by atoms with E-state index < -0.39 is 29.0 Å². The van der Waals surface area contributed by atoms with Gasteiger partial charge >= 0.3 is 17.5 Å². The van der Waals surface area contributed by atoms with E-state index in [0.717, 1.165) is 10.7 Å². The topological polar surface area (TPSA) is 115 Å². The molecule has 31 heavy (non-hydrogen) atoms. The number of hydrogen-bond donors (Lipinski definition) is 2. The smallest absolute Gasteiger partial charge is 0.439 e. The Morgan fingerprint density at radius 3 is 2.58 bits per heavy atom. The minimum Gasteiger partial charge on any atom is -0.497 e. The van der Waals surface area contributed by atoms with Crippen LogP contribution in [0.4, 0.5) is 18.9 Å². The third kappa shape index (κ3) is 3.44. The van der Waals surface area contributed by atoms with Crippen molar-refractivity contribution in [1.29, 1.82) is 0 Å². The van der Waals surface area contributed by atoms with Gasteiger partial charge in [0, 0.05) is 17.5 Å². The molecule has 0 spiro atoms. The van der Waals surface area contributed by atoms with E-state index >= 15 is 0 Å². The van der Waals surface area contributed by atoms with E-state index in [-0.39, 0.29) is 26.3 Å². The third-order valence-corrected chi connectivity index (χ3v) is 5.68. The second kappa shape index (κ2) is 7.23. The summed E-state index contributed by atoms with van der Waals surface area (Å²) in [6, 6.07) is 7.25. The molecule has 8 nitrogen and oxygen atoms in total. The van der Waals surface area contributed by atoms with E-state index in [0.29, 0.717) is 22.8 Å². The number of ketones is 1. The Kier molecular flexibility index (Phi) is 4.81. The van der Waals surface area contributed by atoms with Crippen molar-refractivity contribution >= 4 is 33.0 Å². The number of methoxy groups -OCH3 is 1. The number of carbonyl (C=O) groups is 1. The second-order valence-electron chi connectivity index (χ2n) is 6.54. The van der Waals surface area contributed by atoms with Gasteiger partial charge < -0.3 is 10.5 Å². The summed E-state index contributed by atoms with van der Waals surface area (Å²) in [6.07, 6.45) is -4.65. The van der Waals surface area contributed by atoms with Gasteiger partial charge in [-0.2, -0.15) is 13.2 Å². The maximum absolute atomic E-state index is 13.2. The number of nitrogens with two attached hydrogens (primary N) is 1. The van der Waals surface area contributed by atoms with Gasteiger partial charge in [0.25, 0.3) is 5.78 Å². The largest absolute Gasteiger partial charge is 0.497 e. The Balaban J connectivity index is 1.86. The maximum atomic E-state index is 13.2. The number of benzene rings is 1. The summed E-state index contributed by atoms with van der Waals surface area (Å²) in [6.45, 7) is 1.44. The molecule has 0 aliphatic carbocycles. The molecular formula is C19H14F3N4O4S+. The van der Waals surface area contributed by atoms with Crippen LogP contribution in [0, 0.1) is 6.92 Å². The molecule has 0 amide bonds. The fourth-order valence-corrected chi connectivity index (χ4v) is 4.22. The van der Waals surface area contributed by atoms with Crippen molar-refractivity contribution in [2.75, 3.05) is 12.8 Å². The first-order valence-corrected chi connectivity index (χ1v) is 9.53. The second-order valence-corrected chi connectivity index (χ2v) is 7.54. The van der Waals surface area contributed by atoms with Crippen LogP contribution in [0.15, 0.2) is 39.6 Å². The van der Waals surface area contributed by atoms with E-state index in [9.17, 15) is 22.8 Å². The van der Waals surface area contributed by atoms with E-state index in [4.69, 9.17) is 15.0 Å². The first kappa shape index (κ1) is 20.6. The number of nitrogens with one attached hydrogen (secondary N) is 1. The van der Waals surface area contributed by atoms with Crippen molar-refractivity contribution in [3.05, 3.63) is 62.6 Å². The predicted octanol–water partition coefficient (Wildman–Crippen LogP) is 3.00. The van der Waals surface area contributed by atoms with Gasteiger partial charge in [-0.1, -0.05) is 0 Å². The molecule has 0 unspecified atom stereocenters. The molecule has 0 saturated carbocycles. The molecule has 4 rings (SSSR count). The highest BCUT2D eigenvalue weighted by Crippen LogP contribution is 2.38. The fraction of sp³-hybridized carbons (Fsp3) is 0.158. The molecule has 0 bridgehead atoms. The SMILES string of the molecule is COc1ccc(-[n+]2[nH]oc(=O)c2C(=O)c2sc3nc(C(F)(F)F)cc(C)c3c2N)cc1. The third-order valence-electron chi connectivity index (χ3n) is 4.59. The van der Waals surface area contributed by atoms with Gasteiger partial charge in [0.05, 0.1) is 12.8 Å². The first-order valence-electron chi connectivity index (χ1n) is 8.71. The van der Waals surface area contributed by atoms with E-state index in [1.54, 1.807) is 24.3 Å². The van der Waals surface area contributed by atoms with Crippen LogP contribution in [-0.4, -0.2) is 23.1 Å². The lowest BCUT2D eigenvalue weighted by Crippen LogP contribution is -2.41. The number of H-pyrrole nitrogens is 1. The molecule has 4 aromatic rings. The highest BCUT2D eigenvalue weighted by Gasteiger charge is 2.37. The minimum atomic E-state index is -4.65. The number of aromatic amines is 1. The molecule has 0 aliphatic rings. The lowest BCUT2D eigenvalue weighted by Gasteiger charge is -2.07. The average molecular weight is 451 g/mol. The first-order chi connectivity index (χ1) is 14.6. The van der Waals surface area contributed by atoms with Crippen LogP contribution in [-0.2, 0) is 6.18 Å². The zero-order chi connectivity index (χ0) is 22.5. The van der Waals surface area contributed by atoms with E-state index in [1.807, 2.05) is 0 Å². The van der Waals surface area contributed by atoms with Gasteiger partial charge in [-0.3, -0.25) is 9.32 Å².